The SMILES string of the molecule is Cc1cc(Sc2nc3c(cc2CN)CCCC3)n(C)n1. The average molecular weight is 288 g/mol. The van der Waals surface area contributed by atoms with Crippen LogP contribution in [0.25, 0.3) is 0 Å². The van der Waals surface area contributed by atoms with Gasteiger partial charge in [0.05, 0.1) is 5.69 Å². The van der Waals surface area contributed by atoms with Crippen molar-refractivity contribution in [1.29, 1.82) is 0 Å². The van der Waals surface area contributed by atoms with Crippen LogP contribution in [-0.4, -0.2) is 14.8 Å². The molecule has 0 bridgehead atoms. The molecule has 0 fully saturated rings. The molecule has 3 rings (SSSR count). The van der Waals surface area contributed by atoms with E-state index in [1.54, 1.807) is 11.8 Å². The maximum Gasteiger partial charge on any atom is 0.107 e. The summed E-state index contributed by atoms with van der Waals surface area (Å²) < 4.78 is 1.90. The number of hydrogen-bond donors (Lipinski definition) is 1. The zero-order chi connectivity index (χ0) is 14.1. The quantitative estimate of drug-likeness (QED) is 0.943. The molecule has 0 saturated heterocycles. The van der Waals surface area contributed by atoms with Gasteiger partial charge in [0, 0.05) is 19.3 Å². The van der Waals surface area contributed by atoms with Gasteiger partial charge in [0.1, 0.15) is 10.1 Å². The van der Waals surface area contributed by atoms with Crippen molar-refractivity contribution in [2.45, 2.75) is 49.2 Å². The van der Waals surface area contributed by atoms with Crippen molar-refractivity contribution in [3.05, 3.63) is 34.6 Å². The summed E-state index contributed by atoms with van der Waals surface area (Å²) in [4.78, 5) is 4.87. The van der Waals surface area contributed by atoms with Crippen LogP contribution in [0.15, 0.2) is 22.2 Å². The monoisotopic (exact) mass is 288 g/mol. The zero-order valence-corrected chi connectivity index (χ0v) is 12.8. The number of pyridine rings is 1. The highest BCUT2D eigenvalue weighted by Crippen LogP contribution is 2.32. The van der Waals surface area contributed by atoms with Crippen molar-refractivity contribution >= 4 is 11.8 Å². The second-order valence-corrected chi connectivity index (χ2v) is 6.33. The first-order valence-electron chi connectivity index (χ1n) is 7.07. The Morgan fingerprint density at radius 1 is 1.30 bits per heavy atom. The van der Waals surface area contributed by atoms with Crippen LogP contribution in [0.2, 0.25) is 0 Å². The third kappa shape index (κ3) is 2.60. The van der Waals surface area contributed by atoms with Crippen molar-refractivity contribution in [1.82, 2.24) is 14.8 Å². The van der Waals surface area contributed by atoms with E-state index in [2.05, 4.69) is 17.2 Å². The topological polar surface area (TPSA) is 56.7 Å². The molecule has 2 heterocycles. The number of nitrogens with zero attached hydrogens (tertiary/aromatic N) is 3. The standard InChI is InChI=1S/C15H20N4S/c1-10-7-14(19(2)18-10)20-15-12(9-16)8-11-5-3-4-6-13(11)17-15/h7-8H,3-6,9,16H2,1-2H3. The summed E-state index contributed by atoms with van der Waals surface area (Å²) in [6.45, 7) is 2.55. The summed E-state index contributed by atoms with van der Waals surface area (Å²) in [5.41, 5.74) is 10.7. The number of nitrogens with two attached hydrogens (primary N) is 1. The van der Waals surface area contributed by atoms with Gasteiger partial charge in [0.15, 0.2) is 0 Å². The molecule has 0 aromatic carbocycles. The van der Waals surface area contributed by atoms with E-state index in [9.17, 15) is 0 Å². The summed E-state index contributed by atoms with van der Waals surface area (Å²) >= 11 is 1.67. The highest BCUT2D eigenvalue weighted by molar-refractivity contribution is 7.99. The second-order valence-electron chi connectivity index (χ2n) is 5.32. The molecular formula is C15H20N4S. The molecular weight excluding hydrogens is 268 g/mol. The van der Waals surface area contributed by atoms with E-state index in [1.807, 2.05) is 18.7 Å². The number of fused-ring (bicyclic) bond motifs is 1. The van der Waals surface area contributed by atoms with Gasteiger partial charge < -0.3 is 5.73 Å². The molecule has 20 heavy (non-hydrogen) atoms. The average Bonchev–Trinajstić information content (AvgIpc) is 2.76. The Bertz CT molecular complexity index is 633. The van der Waals surface area contributed by atoms with Gasteiger partial charge in [0.25, 0.3) is 0 Å². The van der Waals surface area contributed by atoms with Gasteiger partial charge in [-0.05, 0) is 49.8 Å². The summed E-state index contributed by atoms with van der Waals surface area (Å²) in [5.74, 6) is 0. The minimum absolute atomic E-state index is 0.541. The summed E-state index contributed by atoms with van der Waals surface area (Å²) in [6.07, 6.45) is 4.76. The first kappa shape index (κ1) is 13.6. The molecule has 0 radical (unpaired) electrons. The lowest BCUT2D eigenvalue weighted by Gasteiger charge is -2.18. The lowest BCUT2D eigenvalue weighted by molar-refractivity contribution is 0.655. The summed E-state index contributed by atoms with van der Waals surface area (Å²) in [6, 6.07) is 4.35. The van der Waals surface area contributed by atoms with E-state index in [-0.39, 0.29) is 0 Å². The van der Waals surface area contributed by atoms with E-state index in [0.29, 0.717) is 6.54 Å². The number of aryl methyl sites for hydroxylation is 4. The largest absolute Gasteiger partial charge is 0.326 e. The van der Waals surface area contributed by atoms with E-state index in [4.69, 9.17) is 10.7 Å². The molecule has 0 unspecified atom stereocenters. The Balaban J connectivity index is 1.97. The van der Waals surface area contributed by atoms with Crippen molar-refractivity contribution in [3.8, 4) is 0 Å². The Labute approximate surface area is 123 Å². The van der Waals surface area contributed by atoms with Crippen molar-refractivity contribution in [2.24, 2.45) is 12.8 Å². The third-order valence-corrected chi connectivity index (χ3v) is 4.86. The van der Waals surface area contributed by atoms with Crippen LogP contribution in [0.1, 0.15) is 35.4 Å². The van der Waals surface area contributed by atoms with Gasteiger partial charge in [-0.3, -0.25) is 4.68 Å². The fraction of sp³-hybridized carbons (Fsp3) is 0.467. The molecule has 1 aliphatic rings. The number of rotatable bonds is 3. The second kappa shape index (κ2) is 5.58. The fourth-order valence-electron chi connectivity index (χ4n) is 2.68. The lowest BCUT2D eigenvalue weighted by atomic mass is 9.95. The van der Waals surface area contributed by atoms with E-state index >= 15 is 0 Å². The Morgan fingerprint density at radius 3 is 2.80 bits per heavy atom. The summed E-state index contributed by atoms with van der Waals surface area (Å²) in [5, 5.41) is 6.54. The van der Waals surface area contributed by atoms with Gasteiger partial charge >= 0.3 is 0 Å². The van der Waals surface area contributed by atoms with Crippen molar-refractivity contribution in [2.75, 3.05) is 0 Å². The number of aromatic nitrogens is 3. The molecule has 0 saturated carbocycles. The van der Waals surface area contributed by atoms with Gasteiger partial charge in [-0.25, -0.2) is 4.98 Å². The number of hydrogen-bond acceptors (Lipinski definition) is 4. The zero-order valence-electron chi connectivity index (χ0n) is 12.0. The van der Waals surface area contributed by atoms with Gasteiger partial charge in [-0.1, -0.05) is 17.8 Å². The predicted octanol–water partition coefficient (Wildman–Crippen LogP) is 2.61. The molecule has 0 aliphatic heterocycles. The van der Waals surface area contributed by atoms with E-state index < -0.39 is 0 Å². The van der Waals surface area contributed by atoms with Crippen LogP contribution in [-0.2, 0) is 26.4 Å². The normalized spacial score (nSPS) is 14.3. The highest BCUT2D eigenvalue weighted by atomic mass is 32.2. The van der Waals surface area contributed by atoms with Crippen molar-refractivity contribution in [3.63, 3.8) is 0 Å². The van der Waals surface area contributed by atoms with Gasteiger partial charge in [0.2, 0.25) is 0 Å². The third-order valence-electron chi connectivity index (χ3n) is 3.72. The minimum atomic E-state index is 0.541. The van der Waals surface area contributed by atoms with Crippen LogP contribution >= 0.6 is 11.8 Å². The van der Waals surface area contributed by atoms with Crippen LogP contribution in [0.5, 0.6) is 0 Å². The first-order chi connectivity index (χ1) is 9.67. The lowest BCUT2D eigenvalue weighted by Crippen LogP contribution is -2.10. The minimum Gasteiger partial charge on any atom is -0.326 e. The molecule has 2 aromatic heterocycles. The molecule has 0 amide bonds. The van der Waals surface area contributed by atoms with Crippen LogP contribution in [0.3, 0.4) is 0 Å². The first-order valence-corrected chi connectivity index (χ1v) is 7.89. The molecule has 4 nitrogen and oxygen atoms in total. The molecule has 5 heteroatoms. The van der Waals surface area contributed by atoms with E-state index in [0.717, 1.165) is 34.2 Å². The Morgan fingerprint density at radius 2 is 2.10 bits per heavy atom. The highest BCUT2D eigenvalue weighted by Gasteiger charge is 2.16. The molecule has 1 aliphatic carbocycles. The smallest absolute Gasteiger partial charge is 0.107 e. The Hall–Kier alpha value is -1.33. The fourth-order valence-corrected chi connectivity index (χ4v) is 3.71. The van der Waals surface area contributed by atoms with Gasteiger partial charge in [-0.2, -0.15) is 5.10 Å². The molecule has 0 spiro atoms. The molecule has 106 valence electrons. The molecule has 0 atom stereocenters. The maximum atomic E-state index is 5.90. The van der Waals surface area contributed by atoms with Gasteiger partial charge in [-0.15, -0.1) is 0 Å². The van der Waals surface area contributed by atoms with E-state index in [1.165, 1.54) is 24.1 Å². The molecule has 2 N–H and O–H groups in total. The van der Waals surface area contributed by atoms with Crippen LogP contribution < -0.4 is 5.73 Å². The van der Waals surface area contributed by atoms with Crippen LogP contribution in [0, 0.1) is 6.92 Å². The van der Waals surface area contributed by atoms with Crippen molar-refractivity contribution < 1.29 is 0 Å². The summed E-state index contributed by atoms with van der Waals surface area (Å²) in [7, 11) is 1.97. The predicted molar refractivity (Wildman–Crippen MR) is 80.8 cm³/mol. The maximum absolute atomic E-state index is 5.90. The molecule has 2 aromatic rings. The Kier molecular flexibility index (Phi) is 3.81. The van der Waals surface area contributed by atoms with Crippen LogP contribution in [0.4, 0.5) is 0 Å².